The van der Waals surface area contributed by atoms with Crippen LogP contribution in [0.25, 0.3) is 0 Å². The molecule has 0 aliphatic rings. The van der Waals surface area contributed by atoms with E-state index in [9.17, 15) is 0 Å². The van der Waals surface area contributed by atoms with Crippen molar-refractivity contribution in [3.63, 3.8) is 0 Å². The molecule has 2 aromatic rings. The molecule has 1 aromatic heterocycles. The fourth-order valence-electron chi connectivity index (χ4n) is 1.69. The van der Waals surface area contributed by atoms with Crippen molar-refractivity contribution >= 4 is 11.6 Å². The van der Waals surface area contributed by atoms with E-state index in [4.69, 9.17) is 26.8 Å². The van der Waals surface area contributed by atoms with E-state index in [0.29, 0.717) is 17.3 Å². The third-order valence-electron chi connectivity index (χ3n) is 2.66. The highest BCUT2D eigenvalue weighted by Crippen LogP contribution is 2.24. The first kappa shape index (κ1) is 13.6. The van der Waals surface area contributed by atoms with Gasteiger partial charge in [0.15, 0.2) is 0 Å². The van der Waals surface area contributed by atoms with Crippen LogP contribution in [0.2, 0.25) is 5.02 Å². The average Bonchev–Trinajstić information content (AvgIpc) is 2.45. The summed E-state index contributed by atoms with van der Waals surface area (Å²) in [5.74, 6) is 1.39. The van der Waals surface area contributed by atoms with Crippen LogP contribution in [0.15, 0.2) is 42.7 Å². The van der Waals surface area contributed by atoms with Crippen LogP contribution in [-0.2, 0) is 0 Å². The summed E-state index contributed by atoms with van der Waals surface area (Å²) < 4.78 is 10.9. The molecule has 0 spiro atoms. The Kier molecular flexibility index (Phi) is 4.60. The second kappa shape index (κ2) is 6.41. The van der Waals surface area contributed by atoms with Crippen molar-refractivity contribution in [2.24, 2.45) is 5.73 Å². The Morgan fingerprint density at radius 2 is 1.95 bits per heavy atom. The smallest absolute Gasteiger partial charge is 0.140 e. The maximum atomic E-state index is 5.87. The molecule has 2 rings (SSSR count). The third-order valence-corrected chi connectivity index (χ3v) is 2.87. The number of nitrogens with two attached hydrogens (primary N) is 1. The highest BCUT2D eigenvalue weighted by Gasteiger charge is 2.12. The fraction of sp³-hybridized carbons (Fsp3) is 0.214. The molecule has 1 atom stereocenters. The summed E-state index contributed by atoms with van der Waals surface area (Å²) >= 11 is 5.87. The van der Waals surface area contributed by atoms with Crippen molar-refractivity contribution in [2.75, 3.05) is 13.7 Å². The lowest BCUT2D eigenvalue weighted by Crippen LogP contribution is -2.18. The van der Waals surface area contributed by atoms with E-state index in [-0.39, 0.29) is 6.10 Å². The Bertz CT molecular complexity index is 531. The Morgan fingerprint density at radius 3 is 2.53 bits per heavy atom. The predicted molar refractivity (Wildman–Crippen MR) is 74.7 cm³/mol. The summed E-state index contributed by atoms with van der Waals surface area (Å²) in [6.07, 6.45) is 2.92. The summed E-state index contributed by atoms with van der Waals surface area (Å²) in [5.41, 5.74) is 6.73. The standard InChI is InChI=1S/C14H15ClN2O2/c1-18-12-4-2-10(3-5-12)14(7-16)19-13-6-11(15)8-17-9-13/h2-6,8-9,14H,7,16H2,1H3. The van der Waals surface area contributed by atoms with Gasteiger partial charge in [-0.3, -0.25) is 4.98 Å². The normalized spacial score (nSPS) is 11.9. The number of halogens is 1. The zero-order valence-electron chi connectivity index (χ0n) is 10.5. The van der Waals surface area contributed by atoms with Crippen LogP contribution in [0, 0.1) is 0 Å². The lowest BCUT2D eigenvalue weighted by Gasteiger charge is -2.18. The number of hydrogen-bond donors (Lipinski definition) is 1. The molecule has 1 aromatic carbocycles. The fourth-order valence-corrected chi connectivity index (χ4v) is 1.86. The molecule has 2 N–H and O–H groups in total. The van der Waals surface area contributed by atoms with Gasteiger partial charge in [-0.25, -0.2) is 0 Å². The van der Waals surface area contributed by atoms with Gasteiger partial charge in [-0.05, 0) is 17.7 Å². The van der Waals surface area contributed by atoms with Crippen molar-refractivity contribution in [1.29, 1.82) is 0 Å². The number of rotatable bonds is 5. The molecular weight excluding hydrogens is 264 g/mol. The van der Waals surface area contributed by atoms with Gasteiger partial charge < -0.3 is 15.2 Å². The van der Waals surface area contributed by atoms with Crippen molar-refractivity contribution in [3.05, 3.63) is 53.3 Å². The van der Waals surface area contributed by atoms with Gasteiger partial charge >= 0.3 is 0 Å². The van der Waals surface area contributed by atoms with Crippen LogP contribution < -0.4 is 15.2 Å². The summed E-state index contributed by atoms with van der Waals surface area (Å²) in [7, 11) is 1.63. The van der Waals surface area contributed by atoms with Crippen LogP contribution in [0.4, 0.5) is 0 Å². The number of hydrogen-bond acceptors (Lipinski definition) is 4. The summed E-state index contributed by atoms with van der Waals surface area (Å²) in [4.78, 5) is 3.97. The largest absolute Gasteiger partial charge is 0.497 e. The third kappa shape index (κ3) is 3.59. The van der Waals surface area contributed by atoms with E-state index in [2.05, 4.69) is 4.98 Å². The van der Waals surface area contributed by atoms with Crippen LogP contribution in [-0.4, -0.2) is 18.6 Å². The van der Waals surface area contributed by atoms with Gasteiger partial charge in [0.1, 0.15) is 17.6 Å². The maximum Gasteiger partial charge on any atom is 0.140 e. The van der Waals surface area contributed by atoms with Crippen molar-refractivity contribution in [3.8, 4) is 11.5 Å². The minimum Gasteiger partial charge on any atom is -0.497 e. The number of aromatic nitrogens is 1. The molecule has 0 amide bonds. The Hall–Kier alpha value is -1.78. The SMILES string of the molecule is COc1ccc(C(CN)Oc2cncc(Cl)c2)cc1. The lowest BCUT2D eigenvalue weighted by atomic mass is 10.1. The first-order valence-corrected chi connectivity index (χ1v) is 6.22. The van der Waals surface area contributed by atoms with Crippen LogP contribution in [0.1, 0.15) is 11.7 Å². The molecule has 0 fully saturated rings. The molecule has 4 nitrogen and oxygen atoms in total. The predicted octanol–water partition coefficient (Wildman–Crippen LogP) is 2.82. The molecule has 1 heterocycles. The molecular formula is C14H15ClN2O2. The molecule has 0 saturated carbocycles. The van der Waals surface area contributed by atoms with Gasteiger partial charge in [0.25, 0.3) is 0 Å². The topological polar surface area (TPSA) is 57.4 Å². The van der Waals surface area contributed by atoms with Crippen molar-refractivity contribution in [1.82, 2.24) is 4.98 Å². The highest BCUT2D eigenvalue weighted by molar-refractivity contribution is 6.30. The number of pyridine rings is 1. The highest BCUT2D eigenvalue weighted by atomic mass is 35.5. The van der Waals surface area contributed by atoms with Crippen molar-refractivity contribution < 1.29 is 9.47 Å². The summed E-state index contributed by atoms with van der Waals surface area (Å²) in [6, 6.07) is 9.30. The molecule has 0 aliphatic carbocycles. The molecule has 100 valence electrons. The minimum absolute atomic E-state index is 0.244. The van der Waals surface area contributed by atoms with E-state index >= 15 is 0 Å². The first-order valence-electron chi connectivity index (χ1n) is 5.84. The van der Waals surface area contributed by atoms with Crippen LogP contribution >= 0.6 is 11.6 Å². The zero-order valence-corrected chi connectivity index (χ0v) is 11.3. The Balaban J connectivity index is 2.15. The van der Waals surface area contributed by atoms with Gasteiger partial charge in [-0.1, -0.05) is 23.7 Å². The number of ether oxygens (including phenoxy) is 2. The van der Waals surface area contributed by atoms with Crippen molar-refractivity contribution in [2.45, 2.75) is 6.10 Å². The van der Waals surface area contributed by atoms with E-state index in [1.165, 1.54) is 0 Å². The van der Waals surface area contributed by atoms with E-state index in [0.717, 1.165) is 11.3 Å². The Morgan fingerprint density at radius 1 is 1.21 bits per heavy atom. The second-order valence-corrected chi connectivity index (χ2v) is 4.39. The first-order chi connectivity index (χ1) is 9.22. The van der Waals surface area contributed by atoms with E-state index < -0.39 is 0 Å². The quantitative estimate of drug-likeness (QED) is 0.914. The van der Waals surface area contributed by atoms with Crippen LogP contribution in [0.3, 0.4) is 0 Å². The molecule has 5 heteroatoms. The zero-order chi connectivity index (χ0) is 13.7. The number of nitrogens with zero attached hydrogens (tertiary/aromatic N) is 1. The minimum atomic E-state index is -0.244. The molecule has 1 unspecified atom stereocenters. The van der Waals surface area contributed by atoms with E-state index in [1.54, 1.807) is 25.6 Å². The Labute approximate surface area is 117 Å². The second-order valence-electron chi connectivity index (χ2n) is 3.95. The van der Waals surface area contributed by atoms with Gasteiger partial charge in [-0.2, -0.15) is 0 Å². The summed E-state index contributed by atoms with van der Waals surface area (Å²) in [6.45, 7) is 0.360. The van der Waals surface area contributed by atoms with Gasteiger partial charge in [0.05, 0.1) is 18.3 Å². The van der Waals surface area contributed by atoms with Gasteiger partial charge in [0, 0.05) is 18.8 Å². The van der Waals surface area contributed by atoms with Gasteiger partial charge in [0.2, 0.25) is 0 Å². The van der Waals surface area contributed by atoms with Gasteiger partial charge in [-0.15, -0.1) is 0 Å². The number of methoxy groups -OCH3 is 1. The lowest BCUT2D eigenvalue weighted by molar-refractivity contribution is 0.213. The van der Waals surface area contributed by atoms with E-state index in [1.807, 2.05) is 24.3 Å². The molecule has 0 radical (unpaired) electrons. The van der Waals surface area contributed by atoms with Crippen LogP contribution in [0.5, 0.6) is 11.5 Å². The molecule has 0 aliphatic heterocycles. The average molecular weight is 279 g/mol. The molecule has 0 bridgehead atoms. The maximum absolute atomic E-state index is 5.87. The summed E-state index contributed by atoms with van der Waals surface area (Å²) in [5, 5.41) is 0.531. The number of benzene rings is 1. The monoisotopic (exact) mass is 278 g/mol. The molecule has 19 heavy (non-hydrogen) atoms. The molecule has 0 saturated heterocycles.